The number of carbonyl (C=O) groups is 4. The van der Waals surface area contributed by atoms with Gasteiger partial charge in [-0.25, -0.2) is 0 Å². The largest absolute Gasteiger partial charge is 0.508 e. The molecule has 0 bridgehead atoms. The Morgan fingerprint density at radius 1 is 0.774 bits per heavy atom. The van der Waals surface area contributed by atoms with Crippen LogP contribution >= 0.6 is 0 Å². The highest BCUT2D eigenvalue weighted by atomic mass is 16.3. The maximum atomic E-state index is 12.9. The van der Waals surface area contributed by atoms with Crippen LogP contribution in [0.2, 0.25) is 0 Å². The third kappa shape index (κ3) is 2.40. The van der Waals surface area contributed by atoms with E-state index in [1.165, 1.54) is 0 Å². The van der Waals surface area contributed by atoms with E-state index in [1.807, 2.05) is 36.4 Å². The first kappa shape index (κ1) is 18.3. The molecule has 2 heterocycles. The number of fused-ring (bicyclic) bond motifs is 5. The zero-order valence-corrected chi connectivity index (χ0v) is 16.5. The SMILES string of the molecule is O=C1NC(=O)C2C1CC=C1C2CC2C(=O)NC(=O)C2C1c1c(O)ccc2ccccc12. The number of rotatable bonds is 1. The van der Waals surface area contributed by atoms with E-state index in [-0.39, 0.29) is 35.3 Å². The van der Waals surface area contributed by atoms with E-state index in [9.17, 15) is 24.3 Å². The number of nitrogens with one attached hydrogen (secondary N) is 2. The summed E-state index contributed by atoms with van der Waals surface area (Å²) in [5.74, 6) is -4.31. The van der Waals surface area contributed by atoms with Crippen LogP contribution in [0.1, 0.15) is 24.3 Å². The summed E-state index contributed by atoms with van der Waals surface area (Å²) < 4.78 is 0. The minimum absolute atomic E-state index is 0.0604. The van der Waals surface area contributed by atoms with Crippen LogP contribution in [0.15, 0.2) is 48.0 Å². The summed E-state index contributed by atoms with van der Waals surface area (Å²) in [4.78, 5) is 50.5. The topological polar surface area (TPSA) is 113 Å². The minimum atomic E-state index is -0.650. The van der Waals surface area contributed by atoms with E-state index in [2.05, 4.69) is 10.6 Å². The molecule has 2 aliphatic carbocycles. The van der Waals surface area contributed by atoms with E-state index in [4.69, 9.17) is 0 Å². The summed E-state index contributed by atoms with van der Waals surface area (Å²) in [6, 6.07) is 11.0. The molecule has 2 aliphatic heterocycles. The van der Waals surface area contributed by atoms with Crippen LogP contribution in [0.3, 0.4) is 0 Å². The zero-order chi connectivity index (χ0) is 21.4. The lowest BCUT2D eigenvalue weighted by atomic mass is 9.56. The predicted octanol–water partition coefficient (Wildman–Crippen LogP) is 1.76. The molecule has 7 heteroatoms. The molecule has 31 heavy (non-hydrogen) atoms. The van der Waals surface area contributed by atoms with Gasteiger partial charge < -0.3 is 5.11 Å². The Hall–Kier alpha value is -3.48. The molecule has 1 saturated carbocycles. The number of phenolic OH excluding ortho intramolecular Hbond substituents is 1. The van der Waals surface area contributed by atoms with Gasteiger partial charge in [0, 0.05) is 11.5 Å². The fourth-order valence-corrected chi connectivity index (χ4v) is 6.34. The second-order valence-electron chi connectivity index (χ2n) is 8.95. The number of imide groups is 2. The molecule has 2 aromatic carbocycles. The lowest BCUT2D eigenvalue weighted by molar-refractivity contribution is -0.128. The van der Waals surface area contributed by atoms with Crippen molar-refractivity contribution < 1.29 is 24.3 Å². The molecule has 4 aliphatic rings. The molecular weight excluding hydrogens is 396 g/mol. The van der Waals surface area contributed by atoms with Crippen molar-refractivity contribution in [1.82, 2.24) is 10.6 Å². The second kappa shape index (κ2) is 6.26. The third-order valence-electron chi connectivity index (χ3n) is 7.59. The number of aromatic hydroxyl groups is 1. The van der Waals surface area contributed by atoms with Crippen molar-refractivity contribution in [1.29, 1.82) is 0 Å². The summed E-state index contributed by atoms with van der Waals surface area (Å²) in [7, 11) is 0. The molecule has 0 radical (unpaired) electrons. The number of allylic oxidation sites excluding steroid dienone is 2. The van der Waals surface area contributed by atoms with Crippen molar-refractivity contribution in [2.75, 3.05) is 0 Å². The average molecular weight is 416 g/mol. The Kier molecular flexibility index (Phi) is 3.70. The monoisotopic (exact) mass is 416 g/mol. The summed E-state index contributed by atoms with van der Waals surface area (Å²) in [5.41, 5.74) is 1.49. The van der Waals surface area contributed by atoms with Gasteiger partial charge in [-0.05, 0) is 35.6 Å². The predicted molar refractivity (Wildman–Crippen MR) is 109 cm³/mol. The Bertz CT molecular complexity index is 1230. The molecule has 0 spiro atoms. The molecular formula is C24H20N2O5. The Morgan fingerprint density at radius 2 is 1.48 bits per heavy atom. The first-order valence-corrected chi connectivity index (χ1v) is 10.6. The lowest BCUT2D eigenvalue weighted by Gasteiger charge is -2.44. The van der Waals surface area contributed by atoms with Gasteiger partial charge >= 0.3 is 0 Å². The van der Waals surface area contributed by atoms with Gasteiger partial charge in [0.1, 0.15) is 5.75 Å². The smallest absolute Gasteiger partial charge is 0.231 e. The lowest BCUT2D eigenvalue weighted by Crippen LogP contribution is -2.43. The van der Waals surface area contributed by atoms with Crippen molar-refractivity contribution >= 4 is 34.4 Å². The molecule has 6 atom stereocenters. The van der Waals surface area contributed by atoms with Crippen LogP contribution in [-0.2, 0) is 19.2 Å². The summed E-state index contributed by atoms with van der Waals surface area (Å²) in [5, 5.41) is 17.6. The summed E-state index contributed by atoms with van der Waals surface area (Å²) in [6.45, 7) is 0. The molecule has 2 aromatic rings. The Morgan fingerprint density at radius 3 is 2.29 bits per heavy atom. The van der Waals surface area contributed by atoms with Crippen LogP contribution in [0.4, 0.5) is 0 Å². The average Bonchev–Trinajstić information content (AvgIpc) is 3.21. The number of amides is 4. The van der Waals surface area contributed by atoms with Crippen LogP contribution in [0.25, 0.3) is 10.8 Å². The van der Waals surface area contributed by atoms with Gasteiger partial charge in [-0.2, -0.15) is 0 Å². The minimum Gasteiger partial charge on any atom is -0.508 e. The number of carbonyl (C=O) groups excluding carboxylic acids is 4. The highest BCUT2D eigenvalue weighted by Gasteiger charge is 2.59. The molecule has 6 unspecified atom stereocenters. The molecule has 4 amide bonds. The van der Waals surface area contributed by atoms with Gasteiger partial charge in [0.15, 0.2) is 0 Å². The van der Waals surface area contributed by atoms with E-state index in [0.29, 0.717) is 18.4 Å². The highest BCUT2D eigenvalue weighted by Crippen LogP contribution is 2.57. The fourth-order valence-electron chi connectivity index (χ4n) is 6.34. The van der Waals surface area contributed by atoms with E-state index in [0.717, 1.165) is 16.3 Å². The van der Waals surface area contributed by atoms with Crippen LogP contribution < -0.4 is 10.6 Å². The van der Waals surface area contributed by atoms with E-state index in [1.54, 1.807) is 6.07 Å². The first-order valence-electron chi connectivity index (χ1n) is 10.6. The van der Waals surface area contributed by atoms with Gasteiger partial charge in [0.2, 0.25) is 23.6 Å². The normalized spacial score (nSPS) is 34.0. The molecule has 6 rings (SSSR count). The van der Waals surface area contributed by atoms with Crippen LogP contribution in [0, 0.1) is 29.6 Å². The summed E-state index contributed by atoms with van der Waals surface area (Å²) in [6.07, 6.45) is 2.71. The van der Waals surface area contributed by atoms with E-state index >= 15 is 0 Å². The van der Waals surface area contributed by atoms with E-state index < -0.39 is 29.6 Å². The first-order chi connectivity index (χ1) is 15.0. The maximum absolute atomic E-state index is 12.9. The van der Waals surface area contributed by atoms with Crippen molar-refractivity contribution in [3.8, 4) is 5.75 Å². The standard InChI is InChI=1S/C24H20N2O5/c27-16-8-5-10-3-1-2-4-11(10)18(16)19-12-6-7-13-17(23(30)25-21(13)28)14(12)9-15-20(19)24(31)26-22(15)29/h1-6,8,13-15,17,19-20,27H,7,9H2,(H,25,28,30)(H,26,29,31). The maximum Gasteiger partial charge on any atom is 0.231 e. The molecule has 7 nitrogen and oxygen atoms in total. The molecule has 2 saturated heterocycles. The number of hydrogen-bond donors (Lipinski definition) is 3. The van der Waals surface area contributed by atoms with Crippen molar-refractivity contribution in [2.45, 2.75) is 18.8 Å². The molecule has 3 N–H and O–H groups in total. The van der Waals surface area contributed by atoms with Gasteiger partial charge in [0.05, 0.1) is 23.7 Å². The highest BCUT2D eigenvalue weighted by molar-refractivity contribution is 6.08. The van der Waals surface area contributed by atoms with Gasteiger partial charge in [-0.15, -0.1) is 0 Å². The number of phenols is 1. The van der Waals surface area contributed by atoms with Gasteiger partial charge in [-0.3, -0.25) is 29.8 Å². The fraction of sp³-hybridized carbons (Fsp3) is 0.333. The van der Waals surface area contributed by atoms with Crippen molar-refractivity contribution in [2.24, 2.45) is 29.6 Å². The number of hydrogen-bond acceptors (Lipinski definition) is 5. The second-order valence-corrected chi connectivity index (χ2v) is 8.95. The quantitative estimate of drug-likeness (QED) is 0.484. The summed E-state index contributed by atoms with van der Waals surface area (Å²) >= 11 is 0. The van der Waals surface area contributed by atoms with Crippen molar-refractivity contribution in [3.05, 3.63) is 53.6 Å². The third-order valence-corrected chi connectivity index (χ3v) is 7.59. The number of benzene rings is 2. The molecule has 3 fully saturated rings. The van der Waals surface area contributed by atoms with Crippen LogP contribution in [0.5, 0.6) is 5.75 Å². The Labute approximate surface area is 177 Å². The van der Waals surface area contributed by atoms with Gasteiger partial charge in [0.25, 0.3) is 0 Å². The van der Waals surface area contributed by atoms with Crippen LogP contribution in [-0.4, -0.2) is 28.7 Å². The molecule has 0 aromatic heterocycles. The zero-order valence-electron chi connectivity index (χ0n) is 16.5. The Balaban J connectivity index is 1.60. The van der Waals surface area contributed by atoms with Gasteiger partial charge in [-0.1, -0.05) is 42.0 Å². The van der Waals surface area contributed by atoms with Crippen molar-refractivity contribution in [3.63, 3.8) is 0 Å². The molecule has 156 valence electrons.